The Morgan fingerprint density at radius 1 is 1.07 bits per heavy atom. The standard InChI is InChI=1S/C24H25NO3/c1-14-3-7-20-18(9-14)19(24(26)25-20)11-16-5-8-21(27-2)23(13-16)28-22-12-15-4-6-17(22)10-15/h3,5,7-9,11,13,15,17,22H,4,6,10,12H2,1-2H3,(H,25,26)/b19-11-/t15-,17+,22+/m1/s1. The number of ether oxygens (including phenoxy) is 2. The number of hydrogen-bond donors (Lipinski definition) is 1. The highest BCUT2D eigenvalue weighted by atomic mass is 16.5. The van der Waals surface area contributed by atoms with Crippen molar-refractivity contribution in [2.24, 2.45) is 11.8 Å². The molecule has 1 heterocycles. The fourth-order valence-electron chi connectivity index (χ4n) is 4.98. The molecule has 5 rings (SSSR count). The van der Waals surface area contributed by atoms with E-state index in [0.717, 1.165) is 46.2 Å². The molecule has 2 aromatic carbocycles. The average molecular weight is 375 g/mol. The first kappa shape index (κ1) is 17.4. The van der Waals surface area contributed by atoms with Crippen LogP contribution < -0.4 is 14.8 Å². The summed E-state index contributed by atoms with van der Waals surface area (Å²) in [5, 5.41) is 2.95. The van der Waals surface area contributed by atoms with Crippen LogP contribution in [0.2, 0.25) is 0 Å². The third kappa shape index (κ3) is 2.97. The number of fused-ring (bicyclic) bond motifs is 3. The molecule has 2 aliphatic carbocycles. The quantitative estimate of drug-likeness (QED) is 0.760. The van der Waals surface area contributed by atoms with E-state index in [2.05, 4.69) is 11.4 Å². The number of amides is 1. The van der Waals surface area contributed by atoms with E-state index in [4.69, 9.17) is 9.47 Å². The van der Waals surface area contributed by atoms with Crippen LogP contribution in [0.1, 0.15) is 42.4 Å². The number of carbonyl (C=O) groups excluding carboxylic acids is 1. The number of rotatable bonds is 4. The van der Waals surface area contributed by atoms with Crippen LogP contribution >= 0.6 is 0 Å². The molecule has 28 heavy (non-hydrogen) atoms. The fourth-order valence-corrected chi connectivity index (χ4v) is 4.98. The molecular formula is C24H25NO3. The van der Waals surface area contributed by atoms with Gasteiger partial charge in [-0.15, -0.1) is 0 Å². The van der Waals surface area contributed by atoms with Gasteiger partial charge >= 0.3 is 0 Å². The van der Waals surface area contributed by atoms with Crippen LogP contribution in [0.4, 0.5) is 5.69 Å². The molecule has 2 bridgehead atoms. The second kappa shape index (κ2) is 6.69. The third-order valence-electron chi connectivity index (χ3n) is 6.41. The third-order valence-corrected chi connectivity index (χ3v) is 6.41. The Bertz CT molecular complexity index is 978. The summed E-state index contributed by atoms with van der Waals surface area (Å²) >= 11 is 0. The summed E-state index contributed by atoms with van der Waals surface area (Å²) in [7, 11) is 1.67. The molecular weight excluding hydrogens is 350 g/mol. The van der Waals surface area contributed by atoms with Gasteiger partial charge in [0, 0.05) is 16.8 Å². The molecule has 1 amide bonds. The van der Waals surface area contributed by atoms with E-state index in [1.807, 2.05) is 43.3 Å². The van der Waals surface area contributed by atoms with Crippen molar-refractivity contribution in [1.82, 2.24) is 0 Å². The number of benzene rings is 2. The molecule has 1 aliphatic heterocycles. The highest BCUT2D eigenvalue weighted by molar-refractivity contribution is 6.34. The number of anilines is 1. The van der Waals surface area contributed by atoms with Crippen LogP contribution in [-0.4, -0.2) is 19.1 Å². The van der Waals surface area contributed by atoms with Crippen molar-refractivity contribution >= 4 is 23.2 Å². The van der Waals surface area contributed by atoms with Crippen LogP contribution in [0.25, 0.3) is 11.6 Å². The van der Waals surface area contributed by atoms with Crippen molar-refractivity contribution in [2.45, 2.75) is 38.7 Å². The zero-order valence-corrected chi connectivity index (χ0v) is 16.3. The fraction of sp³-hybridized carbons (Fsp3) is 0.375. The predicted octanol–water partition coefficient (Wildman–Crippen LogP) is 5.06. The van der Waals surface area contributed by atoms with Crippen LogP contribution in [0, 0.1) is 18.8 Å². The lowest BCUT2D eigenvalue weighted by Crippen LogP contribution is -2.23. The van der Waals surface area contributed by atoms with Gasteiger partial charge in [-0.05, 0) is 80.3 Å². The maximum absolute atomic E-state index is 12.5. The number of nitrogens with one attached hydrogen (secondary N) is 1. The van der Waals surface area contributed by atoms with Gasteiger partial charge in [0.15, 0.2) is 11.5 Å². The lowest BCUT2D eigenvalue weighted by Gasteiger charge is -2.24. The SMILES string of the molecule is COc1ccc(/C=C2\C(=O)Nc3ccc(C)cc32)cc1O[C@H]1C[C@@H]2CC[C@H]1C2. The van der Waals surface area contributed by atoms with E-state index in [1.54, 1.807) is 7.11 Å². The molecule has 4 heteroatoms. The molecule has 4 nitrogen and oxygen atoms in total. The number of aryl methyl sites for hydroxylation is 1. The Kier molecular flexibility index (Phi) is 4.15. The van der Waals surface area contributed by atoms with E-state index < -0.39 is 0 Å². The molecule has 3 atom stereocenters. The number of carbonyl (C=O) groups is 1. The Balaban J connectivity index is 1.47. The van der Waals surface area contributed by atoms with Crippen LogP contribution in [-0.2, 0) is 4.79 Å². The Morgan fingerprint density at radius 3 is 2.71 bits per heavy atom. The first-order chi connectivity index (χ1) is 13.6. The zero-order valence-electron chi connectivity index (χ0n) is 16.3. The molecule has 0 saturated heterocycles. The molecule has 0 radical (unpaired) electrons. The van der Waals surface area contributed by atoms with Crippen molar-refractivity contribution < 1.29 is 14.3 Å². The summed E-state index contributed by atoms with van der Waals surface area (Å²) < 4.78 is 11.9. The van der Waals surface area contributed by atoms with Crippen molar-refractivity contribution in [1.29, 1.82) is 0 Å². The first-order valence-electron chi connectivity index (χ1n) is 10.1. The maximum atomic E-state index is 12.5. The van der Waals surface area contributed by atoms with E-state index in [1.165, 1.54) is 19.3 Å². The van der Waals surface area contributed by atoms with Gasteiger partial charge in [0.1, 0.15) is 6.10 Å². The Morgan fingerprint density at radius 2 is 1.96 bits per heavy atom. The van der Waals surface area contributed by atoms with Crippen molar-refractivity contribution in [3.05, 3.63) is 53.1 Å². The molecule has 2 aromatic rings. The largest absolute Gasteiger partial charge is 0.493 e. The van der Waals surface area contributed by atoms with Gasteiger partial charge in [0.2, 0.25) is 0 Å². The van der Waals surface area contributed by atoms with Crippen molar-refractivity contribution in [3.63, 3.8) is 0 Å². The van der Waals surface area contributed by atoms with Gasteiger partial charge in [0.05, 0.1) is 7.11 Å². The minimum atomic E-state index is -0.0630. The smallest absolute Gasteiger partial charge is 0.256 e. The molecule has 2 fully saturated rings. The first-order valence-corrected chi connectivity index (χ1v) is 10.1. The highest BCUT2D eigenvalue weighted by Crippen LogP contribution is 2.47. The normalized spacial score (nSPS) is 26.4. The second-order valence-electron chi connectivity index (χ2n) is 8.30. The molecule has 0 unspecified atom stereocenters. The van der Waals surface area contributed by atoms with E-state index in [9.17, 15) is 4.79 Å². The van der Waals surface area contributed by atoms with Gasteiger partial charge in [-0.3, -0.25) is 4.79 Å². The molecule has 144 valence electrons. The maximum Gasteiger partial charge on any atom is 0.256 e. The molecule has 2 saturated carbocycles. The lowest BCUT2D eigenvalue weighted by molar-refractivity contribution is -0.110. The van der Waals surface area contributed by atoms with E-state index in [0.29, 0.717) is 11.5 Å². The zero-order chi connectivity index (χ0) is 19.3. The van der Waals surface area contributed by atoms with E-state index in [-0.39, 0.29) is 12.0 Å². The summed E-state index contributed by atoms with van der Waals surface area (Å²) in [4.78, 5) is 12.5. The minimum absolute atomic E-state index is 0.0630. The van der Waals surface area contributed by atoms with Gasteiger partial charge in [0.25, 0.3) is 5.91 Å². The number of methoxy groups -OCH3 is 1. The molecule has 1 N–H and O–H groups in total. The molecule has 3 aliphatic rings. The molecule has 0 aromatic heterocycles. The predicted molar refractivity (Wildman–Crippen MR) is 111 cm³/mol. The van der Waals surface area contributed by atoms with Crippen LogP contribution in [0.15, 0.2) is 36.4 Å². The number of hydrogen-bond acceptors (Lipinski definition) is 3. The monoisotopic (exact) mass is 375 g/mol. The molecule has 0 spiro atoms. The van der Waals surface area contributed by atoms with Crippen LogP contribution in [0.3, 0.4) is 0 Å². The summed E-state index contributed by atoms with van der Waals surface area (Å²) in [5.74, 6) is 2.96. The topological polar surface area (TPSA) is 47.6 Å². The van der Waals surface area contributed by atoms with Crippen molar-refractivity contribution in [2.75, 3.05) is 12.4 Å². The van der Waals surface area contributed by atoms with Gasteiger partial charge in [-0.1, -0.05) is 17.7 Å². The summed E-state index contributed by atoms with van der Waals surface area (Å²) in [6.45, 7) is 2.04. The Hall–Kier alpha value is -2.75. The minimum Gasteiger partial charge on any atom is -0.493 e. The summed E-state index contributed by atoms with van der Waals surface area (Å²) in [6.07, 6.45) is 7.29. The second-order valence-corrected chi connectivity index (χ2v) is 8.30. The lowest BCUT2D eigenvalue weighted by atomic mass is 9.97. The summed E-state index contributed by atoms with van der Waals surface area (Å²) in [5.41, 5.74) is 4.59. The summed E-state index contributed by atoms with van der Waals surface area (Å²) in [6, 6.07) is 11.9. The van der Waals surface area contributed by atoms with Gasteiger partial charge in [-0.25, -0.2) is 0 Å². The van der Waals surface area contributed by atoms with Crippen molar-refractivity contribution in [3.8, 4) is 11.5 Å². The highest BCUT2D eigenvalue weighted by Gasteiger charge is 2.41. The van der Waals surface area contributed by atoms with Gasteiger partial charge < -0.3 is 14.8 Å². The van der Waals surface area contributed by atoms with Gasteiger partial charge in [-0.2, -0.15) is 0 Å². The average Bonchev–Trinajstić information content (AvgIpc) is 3.38. The van der Waals surface area contributed by atoms with E-state index >= 15 is 0 Å². The Labute approximate surface area is 165 Å². The van der Waals surface area contributed by atoms with Crippen LogP contribution in [0.5, 0.6) is 11.5 Å².